The van der Waals surface area contributed by atoms with Gasteiger partial charge in [0.25, 0.3) is 0 Å². The van der Waals surface area contributed by atoms with Crippen molar-refractivity contribution in [2.45, 2.75) is 0 Å². The zero-order chi connectivity index (χ0) is 29.7. The predicted molar refractivity (Wildman–Crippen MR) is 182 cm³/mol. The van der Waals surface area contributed by atoms with Crippen LogP contribution in [0.5, 0.6) is 0 Å². The van der Waals surface area contributed by atoms with E-state index < -0.39 is 0 Å². The molecule has 6 aromatic carbocycles. The van der Waals surface area contributed by atoms with Crippen molar-refractivity contribution in [1.82, 2.24) is 19.9 Å². The summed E-state index contributed by atoms with van der Waals surface area (Å²) in [5, 5.41) is 6.58. The summed E-state index contributed by atoms with van der Waals surface area (Å²) in [5.41, 5.74) is 6.43. The van der Waals surface area contributed by atoms with Gasteiger partial charge in [0.1, 0.15) is 5.58 Å². The van der Waals surface area contributed by atoms with Gasteiger partial charge in [-0.05, 0) is 51.4 Å². The molecule has 0 spiro atoms. The van der Waals surface area contributed by atoms with Gasteiger partial charge in [0, 0.05) is 39.2 Å². The largest absolute Gasteiger partial charge is 0.437 e. The van der Waals surface area contributed by atoms with Crippen LogP contribution in [0.4, 0.5) is 0 Å². The van der Waals surface area contributed by atoms with Crippen LogP contribution in [0.2, 0.25) is 0 Å². The summed E-state index contributed by atoms with van der Waals surface area (Å²) in [7, 11) is 0. The summed E-state index contributed by atoms with van der Waals surface area (Å²) in [4.78, 5) is 19.4. The van der Waals surface area contributed by atoms with Gasteiger partial charge in [0.15, 0.2) is 17.5 Å². The van der Waals surface area contributed by atoms with E-state index in [0.717, 1.165) is 65.7 Å². The first-order valence-corrected chi connectivity index (χ1v) is 14.9. The topological polar surface area (TPSA) is 64.7 Å². The highest BCUT2D eigenvalue weighted by atomic mass is 16.3. The van der Waals surface area contributed by atoms with Crippen LogP contribution in [0, 0.1) is 0 Å². The number of nitrogens with zero attached hydrogens (tertiary/aromatic N) is 4. The maximum atomic E-state index is 6.42. The molecule has 0 fully saturated rings. The lowest BCUT2D eigenvalue weighted by Crippen LogP contribution is -2.00. The molecule has 0 N–H and O–H groups in total. The van der Waals surface area contributed by atoms with Crippen LogP contribution in [0.15, 0.2) is 150 Å². The van der Waals surface area contributed by atoms with E-state index in [-0.39, 0.29) is 0 Å². The van der Waals surface area contributed by atoms with Crippen molar-refractivity contribution in [2.75, 3.05) is 0 Å². The molecule has 0 aliphatic carbocycles. The molecule has 0 atom stereocenters. The third-order valence-corrected chi connectivity index (χ3v) is 8.37. The third-order valence-electron chi connectivity index (χ3n) is 8.37. The fourth-order valence-corrected chi connectivity index (χ4v) is 6.25. The Hall–Kier alpha value is -6.20. The standard InChI is InChI=1S/C40H24N4O/c1-3-11-25(12-4-1)37-42-38(26-13-5-2-6-14-26)44-39(43-37)32-18-9-16-27-23-29(20-21-30(27)32)34-24-28-15-7-8-17-31(28)35-33-19-10-22-41-40(33)45-36(34)35/h1-24H. The number of benzene rings is 6. The number of hydrogen-bond acceptors (Lipinski definition) is 5. The molecule has 0 saturated carbocycles. The molecule has 0 aliphatic rings. The quantitative estimate of drug-likeness (QED) is 0.209. The summed E-state index contributed by atoms with van der Waals surface area (Å²) in [6.45, 7) is 0. The molecule has 3 aromatic heterocycles. The molecule has 3 heterocycles. The summed E-state index contributed by atoms with van der Waals surface area (Å²) in [6, 6.07) is 47.7. The maximum absolute atomic E-state index is 6.42. The Balaban J connectivity index is 1.25. The minimum absolute atomic E-state index is 0.637. The Bertz CT molecular complexity index is 2480. The van der Waals surface area contributed by atoms with Crippen molar-refractivity contribution in [3.63, 3.8) is 0 Å². The molecule has 210 valence electrons. The van der Waals surface area contributed by atoms with E-state index >= 15 is 0 Å². The lowest BCUT2D eigenvalue weighted by molar-refractivity contribution is 0.655. The van der Waals surface area contributed by atoms with Gasteiger partial charge in [0.2, 0.25) is 5.71 Å². The van der Waals surface area contributed by atoms with Crippen LogP contribution in [-0.4, -0.2) is 19.9 Å². The third kappa shape index (κ3) is 4.25. The summed E-state index contributed by atoms with van der Waals surface area (Å²) >= 11 is 0. The van der Waals surface area contributed by atoms with Gasteiger partial charge in [0.05, 0.1) is 0 Å². The summed E-state index contributed by atoms with van der Waals surface area (Å²) in [6.07, 6.45) is 1.78. The highest BCUT2D eigenvalue weighted by molar-refractivity contribution is 6.22. The molecular weight excluding hydrogens is 552 g/mol. The van der Waals surface area contributed by atoms with Gasteiger partial charge in [-0.25, -0.2) is 19.9 Å². The van der Waals surface area contributed by atoms with E-state index in [9.17, 15) is 0 Å². The van der Waals surface area contributed by atoms with E-state index in [1.54, 1.807) is 6.20 Å². The monoisotopic (exact) mass is 576 g/mol. The zero-order valence-electron chi connectivity index (χ0n) is 24.1. The average molecular weight is 577 g/mol. The van der Waals surface area contributed by atoms with Gasteiger partial charge < -0.3 is 4.42 Å². The lowest BCUT2D eigenvalue weighted by atomic mass is 9.94. The van der Waals surface area contributed by atoms with Crippen molar-refractivity contribution in [3.8, 4) is 45.3 Å². The predicted octanol–water partition coefficient (Wildman–Crippen LogP) is 10.1. The SMILES string of the molecule is c1ccc(-c2nc(-c3ccccc3)nc(-c3cccc4cc(-c5cc6ccccc6c6c5oc5ncccc56)ccc34)n2)cc1. The Morgan fingerprint density at radius 1 is 0.422 bits per heavy atom. The van der Waals surface area contributed by atoms with Crippen LogP contribution in [0.3, 0.4) is 0 Å². The average Bonchev–Trinajstić information content (AvgIpc) is 3.51. The van der Waals surface area contributed by atoms with Gasteiger partial charge >= 0.3 is 0 Å². The van der Waals surface area contributed by atoms with Crippen LogP contribution in [-0.2, 0) is 0 Å². The molecule has 5 nitrogen and oxygen atoms in total. The second-order valence-corrected chi connectivity index (χ2v) is 11.1. The molecule has 0 aliphatic heterocycles. The molecular formula is C40H24N4O. The normalized spacial score (nSPS) is 11.6. The van der Waals surface area contributed by atoms with E-state index in [1.165, 1.54) is 0 Å². The Morgan fingerprint density at radius 2 is 1.07 bits per heavy atom. The van der Waals surface area contributed by atoms with Gasteiger partial charge in [-0.2, -0.15) is 0 Å². The lowest BCUT2D eigenvalue weighted by Gasteiger charge is -2.12. The van der Waals surface area contributed by atoms with Gasteiger partial charge in [-0.3, -0.25) is 0 Å². The van der Waals surface area contributed by atoms with Crippen molar-refractivity contribution in [1.29, 1.82) is 0 Å². The van der Waals surface area contributed by atoms with Crippen molar-refractivity contribution < 1.29 is 4.42 Å². The number of fused-ring (bicyclic) bond motifs is 6. The molecule has 0 bridgehead atoms. The second-order valence-electron chi connectivity index (χ2n) is 11.1. The highest BCUT2D eigenvalue weighted by Gasteiger charge is 2.18. The molecule has 0 radical (unpaired) electrons. The maximum Gasteiger partial charge on any atom is 0.227 e. The minimum atomic E-state index is 0.637. The van der Waals surface area contributed by atoms with Crippen LogP contribution < -0.4 is 0 Å². The van der Waals surface area contributed by atoms with E-state index in [0.29, 0.717) is 23.2 Å². The first kappa shape index (κ1) is 25.3. The summed E-state index contributed by atoms with van der Waals surface area (Å²) in [5.74, 6) is 1.92. The van der Waals surface area contributed by atoms with Crippen LogP contribution >= 0.6 is 0 Å². The van der Waals surface area contributed by atoms with Gasteiger partial charge in [-0.1, -0.05) is 115 Å². The second kappa shape index (κ2) is 10.2. The van der Waals surface area contributed by atoms with Crippen molar-refractivity contribution in [2.24, 2.45) is 0 Å². The first-order valence-electron chi connectivity index (χ1n) is 14.9. The molecule has 0 unspecified atom stereocenters. The Morgan fingerprint density at radius 3 is 1.84 bits per heavy atom. The number of rotatable bonds is 4. The van der Waals surface area contributed by atoms with E-state index in [4.69, 9.17) is 19.4 Å². The molecule has 5 heteroatoms. The van der Waals surface area contributed by atoms with Gasteiger partial charge in [-0.15, -0.1) is 0 Å². The van der Waals surface area contributed by atoms with Crippen LogP contribution in [0.25, 0.3) is 88.9 Å². The molecule has 0 amide bonds. The first-order chi connectivity index (χ1) is 22.3. The van der Waals surface area contributed by atoms with Crippen molar-refractivity contribution >= 4 is 43.6 Å². The molecule has 9 aromatic rings. The number of aromatic nitrogens is 4. The molecule has 45 heavy (non-hydrogen) atoms. The number of furan rings is 1. The number of hydrogen-bond donors (Lipinski definition) is 0. The molecule has 0 saturated heterocycles. The van der Waals surface area contributed by atoms with Crippen molar-refractivity contribution in [3.05, 3.63) is 146 Å². The van der Waals surface area contributed by atoms with E-state index in [1.807, 2.05) is 66.7 Å². The summed E-state index contributed by atoms with van der Waals surface area (Å²) < 4.78 is 6.42. The highest BCUT2D eigenvalue weighted by Crippen LogP contribution is 2.41. The molecule has 9 rings (SSSR count). The smallest absolute Gasteiger partial charge is 0.227 e. The Kier molecular flexibility index (Phi) is 5.74. The van der Waals surface area contributed by atoms with Crippen LogP contribution in [0.1, 0.15) is 0 Å². The minimum Gasteiger partial charge on any atom is -0.437 e. The fourth-order valence-electron chi connectivity index (χ4n) is 6.25. The Labute approximate surface area is 258 Å². The number of pyridine rings is 1. The fraction of sp³-hybridized carbons (Fsp3) is 0. The van der Waals surface area contributed by atoms with E-state index in [2.05, 4.69) is 77.8 Å². The zero-order valence-corrected chi connectivity index (χ0v) is 24.1.